The summed E-state index contributed by atoms with van der Waals surface area (Å²) in [6.45, 7) is 11.6. The van der Waals surface area contributed by atoms with Gasteiger partial charge in [-0.1, -0.05) is 49.1 Å². The monoisotopic (exact) mass is 310 g/mol. The van der Waals surface area contributed by atoms with Crippen LogP contribution >= 0.6 is 11.3 Å². The van der Waals surface area contributed by atoms with Gasteiger partial charge in [0.1, 0.15) is 5.82 Å². The summed E-state index contributed by atoms with van der Waals surface area (Å²) >= 11 is 1.53. The van der Waals surface area contributed by atoms with Crippen molar-refractivity contribution >= 4 is 23.0 Å². The Morgan fingerprint density at radius 3 is 2.41 bits per heavy atom. The van der Waals surface area contributed by atoms with Crippen LogP contribution in [-0.2, 0) is 0 Å². The number of thiophene rings is 1. The maximum Gasteiger partial charge on any atom is 0.132 e. The van der Waals surface area contributed by atoms with Crippen LogP contribution in [0.15, 0.2) is 67.3 Å². The van der Waals surface area contributed by atoms with Crippen molar-refractivity contribution in [3.05, 3.63) is 83.5 Å². The van der Waals surface area contributed by atoms with Crippen LogP contribution in [0.2, 0.25) is 0 Å². The van der Waals surface area contributed by atoms with Gasteiger partial charge in [0, 0.05) is 15.3 Å². The highest BCUT2D eigenvalue weighted by atomic mass is 32.1. The minimum absolute atomic E-state index is 0.222. The van der Waals surface area contributed by atoms with E-state index in [1.807, 2.05) is 50.3 Å². The minimum Gasteiger partial charge on any atom is -0.206 e. The SMILES string of the molecule is C=C/C(=C\C=C(C)C)c1ccc(-c2ccc(C=C)s2)c(F)c1. The summed E-state index contributed by atoms with van der Waals surface area (Å²) in [4.78, 5) is 1.95. The fourth-order valence-electron chi connectivity index (χ4n) is 2.04. The highest BCUT2D eigenvalue weighted by molar-refractivity contribution is 7.16. The molecule has 0 atom stereocenters. The van der Waals surface area contributed by atoms with E-state index in [2.05, 4.69) is 13.2 Å². The molecular formula is C20H19FS. The predicted molar refractivity (Wildman–Crippen MR) is 97.4 cm³/mol. The first-order valence-corrected chi connectivity index (χ1v) is 7.87. The molecule has 0 amide bonds. The number of rotatable bonds is 5. The van der Waals surface area contributed by atoms with Crippen molar-refractivity contribution in [3.8, 4) is 10.4 Å². The van der Waals surface area contributed by atoms with Crippen molar-refractivity contribution < 1.29 is 4.39 Å². The average Bonchev–Trinajstić information content (AvgIpc) is 2.96. The maximum atomic E-state index is 14.4. The summed E-state index contributed by atoms with van der Waals surface area (Å²) in [5, 5.41) is 0. The van der Waals surface area contributed by atoms with Gasteiger partial charge in [0.2, 0.25) is 0 Å². The molecule has 2 heteroatoms. The van der Waals surface area contributed by atoms with Gasteiger partial charge >= 0.3 is 0 Å². The zero-order valence-electron chi connectivity index (χ0n) is 12.9. The molecule has 0 nitrogen and oxygen atoms in total. The van der Waals surface area contributed by atoms with Gasteiger partial charge in [0.25, 0.3) is 0 Å². The minimum atomic E-state index is -0.222. The fraction of sp³-hybridized carbons (Fsp3) is 0.100. The molecular weight excluding hydrogens is 291 g/mol. The van der Waals surface area contributed by atoms with E-state index in [9.17, 15) is 4.39 Å². The van der Waals surface area contributed by atoms with E-state index in [0.29, 0.717) is 5.56 Å². The van der Waals surface area contributed by atoms with Gasteiger partial charge in [-0.3, -0.25) is 0 Å². The van der Waals surface area contributed by atoms with E-state index in [-0.39, 0.29) is 5.82 Å². The molecule has 2 rings (SSSR count). The molecule has 0 fully saturated rings. The van der Waals surface area contributed by atoms with Crippen LogP contribution in [0.4, 0.5) is 4.39 Å². The largest absolute Gasteiger partial charge is 0.206 e. The van der Waals surface area contributed by atoms with Crippen LogP contribution < -0.4 is 0 Å². The van der Waals surface area contributed by atoms with Crippen LogP contribution in [0.5, 0.6) is 0 Å². The lowest BCUT2D eigenvalue weighted by Gasteiger charge is -2.06. The normalized spacial score (nSPS) is 11.1. The summed E-state index contributed by atoms with van der Waals surface area (Å²) in [6.07, 6.45) is 7.48. The Labute approximate surface area is 135 Å². The van der Waals surface area contributed by atoms with Crippen molar-refractivity contribution in [2.24, 2.45) is 0 Å². The van der Waals surface area contributed by atoms with Gasteiger partial charge in [-0.05, 0) is 49.2 Å². The number of benzene rings is 1. The molecule has 0 aliphatic carbocycles. The number of halogens is 1. The standard InChI is InChI=1S/C20H19FS/c1-5-15(8-7-14(3)4)16-9-11-18(19(21)13-16)20-12-10-17(6-2)22-20/h5-13H,1-2H2,3-4H3/b15-8+. The maximum absolute atomic E-state index is 14.4. The van der Waals surface area contributed by atoms with Gasteiger partial charge < -0.3 is 0 Å². The molecule has 0 N–H and O–H groups in total. The Morgan fingerprint density at radius 2 is 1.86 bits per heavy atom. The van der Waals surface area contributed by atoms with Crippen LogP contribution in [0.3, 0.4) is 0 Å². The summed E-state index contributed by atoms with van der Waals surface area (Å²) in [5.74, 6) is -0.222. The second kappa shape index (κ2) is 7.19. The summed E-state index contributed by atoms with van der Waals surface area (Å²) in [6, 6.07) is 9.19. The zero-order chi connectivity index (χ0) is 16.1. The van der Waals surface area contributed by atoms with Crippen molar-refractivity contribution in [1.82, 2.24) is 0 Å². The molecule has 1 heterocycles. The lowest BCUT2D eigenvalue weighted by Crippen LogP contribution is -1.87. The zero-order valence-corrected chi connectivity index (χ0v) is 13.7. The molecule has 1 aromatic carbocycles. The number of hydrogen-bond acceptors (Lipinski definition) is 1. The van der Waals surface area contributed by atoms with E-state index in [1.165, 1.54) is 16.9 Å². The second-order valence-corrected chi connectivity index (χ2v) is 6.29. The summed E-state index contributed by atoms with van der Waals surface area (Å²) in [5.41, 5.74) is 3.54. The molecule has 0 aliphatic rings. The third kappa shape index (κ3) is 3.71. The third-order valence-corrected chi connectivity index (χ3v) is 4.33. The predicted octanol–water partition coefficient (Wildman–Crippen LogP) is 6.73. The Morgan fingerprint density at radius 1 is 1.09 bits per heavy atom. The van der Waals surface area contributed by atoms with Gasteiger partial charge in [-0.15, -0.1) is 11.3 Å². The van der Waals surface area contributed by atoms with E-state index in [1.54, 1.807) is 18.2 Å². The molecule has 1 aromatic heterocycles. The van der Waals surface area contributed by atoms with Crippen molar-refractivity contribution in [3.63, 3.8) is 0 Å². The Kier molecular flexibility index (Phi) is 5.29. The van der Waals surface area contributed by atoms with E-state index in [0.717, 1.165) is 20.9 Å². The highest BCUT2D eigenvalue weighted by Crippen LogP contribution is 2.32. The average molecular weight is 310 g/mol. The van der Waals surface area contributed by atoms with Gasteiger partial charge in [-0.2, -0.15) is 0 Å². The third-order valence-electron chi connectivity index (χ3n) is 3.21. The van der Waals surface area contributed by atoms with Gasteiger partial charge in [0.05, 0.1) is 0 Å². The quantitative estimate of drug-likeness (QED) is 0.537. The topological polar surface area (TPSA) is 0 Å². The molecule has 2 aromatic rings. The molecule has 0 unspecified atom stereocenters. The van der Waals surface area contributed by atoms with E-state index < -0.39 is 0 Å². The first kappa shape index (κ1) is 16.2. The molecule has 0 saturated heterocycles. The van der Waals surface area contributed by atoms with E-state index >= 15 is 0 Å². The van der Waals surface area contributed by atoms with Crippen molar-refractivity contribution in [2.45, 2.75) is 13.8 Å². The van der Waals surface area contributed by atoms with Crippen LogP contribution in [0.25, 0.3) is 22.1 Å². The van der Waals surface area contributed by atoms with Crippen LogP contribution in [0.1, 0.15) is 24.3 Å². The molecule has 0 radical (unpaired) electrons. The lowest BCUT2D eigenvalue weighted by atomic mass is 10.0. The highest BCUT2D eigenvalue weighted by Gasteiger charge is 2.09. The Bertz CT molecular complexity index is 756. The lowest BCUT2D eigenvalue weighted by molar-refractivity contribution is 0.631. The molecule has 0 aliphatic heterocycles. The van der Waals surface area contributed by atoms with Crippen LogP contribution in [-0.4, -0.2) is 0 Å². The molecule has 22 heavy (non-hydrogen) atoms. The first-order chi connectivity index (χ1) is 10.5. The first-order valence-electron chi connectivity index (χ1n) is 7.05. The smallest absolute Gasteiger partial charge is 0.132 e. The fourth-order valence-corrected chi connectivity index (χ4v) is 2.93. The molecule has 112 valence electrons. The van der Waals surface area contributed by atoms with Crippen molar-refractivity contribution in [2.75, 3.05) is 0 Å². The summed E-state index contributed by atoms with van der Waals surface area (Å²) in [7, 11) is 0. The van der Waals surface area contributed by atoms with Crippen LogP contribution in [0, 0.1) is 5.82 Å². The number of allylic oxidation sites excluding steroid dienone is 5. The molecule has 0 saturated carbocycles. The Balaban J connectivity index is 2.40. The molecule has 0 bridgehead atoms. The summed E-state index contributed by atoms with van der Waals surface area (Å²) < 4.78 is 14.4. The van der Waals surface area contributed by atoms with E-state index in [4.69, 9.17) is 0 Å². The van der Waals surface area contributed by atoms with Gasteiger partial charge in [-0.25, -0.2) is 4.39 Å². The van der Waals surface area contributed by atoms with Gasteiger partial charge in [0.15, 0.2) is 0 Å². The number of hydrogen-bond donors (Lipinski definition) is 0. The Hall–Kier alpha value is -2.19. The second-order valence-electron chi connectivity index (χ2n) is 5.17. The van der Waals surface area contributed by atoms with Crippen molar-refractivity contribution in [1.29, 1.82) is 0 Å². The molecule has 0 spiro atoms.